The molecular weight excluding hydrogens is 476 g/mol. The molecule has 0 spiro atoms. The van der Waals surface area contributed by atoms with Gasteiger partial charge in [-0.05, 0) is 6.42 Å². The van der Waals surface area contributed by atoms with E-state index in [4.69, 9.17) is 21.1 Å². The normalized spacial score (nSPS) is 14.2. The highest BCUT2D eigenvalue weighted by Crippen LogP contribution is 2.05. The van der Waals surface area contributed by atoms with Gasteiger partial charge in [0.1, 0.15) is 18.1 Å². The van der Waals surface area contributed by atoms with Crippen LogP contribution >= 0.6 is 12.6 Å². The summed E-state index contributed by atoms with van der Waals surface area (Å²) in [7, 11) is 0. The molecule has 0 aliphatic carbocycles. The maximum absolute atomic E-state index is 12.9. The summed E-state index contributed by atoms with van der Waals surface area (Å²) in [6.45, 7) is 0. The Bertz CT molecular complexity index is 894. The number of nitrogens with two attached hydrogens (primary N) is 1. The lowest BCUT2D eigenvalue weighted by Crippen LogP contribution is -2.58. The van der Waals surface area contributed by atoms with Gasteiger partial charge in [0.2, 0.25) is 17.7 Å². The number of hydrogen-bond donors (Lipinski definition) is 9. The van der Waals surface area contributed by atoms with Crippen molar-refractivity contribution in [1.29, 1.82) is 0 Å². The van der Waals surface area contributed by atoms with Crippen LogP contribution in [0.2, 0.25) is 0 Å². The standard InChI is InChI=1S/C18H26N6O9S/c19-9(6-34)15(29)23-11(3-8-5-20-7-21-8)17(31)22-10(1-2-13(25)26)16(30)24-12(18(32)33)4-14(27)28/h5,7,9-12,34H,1-4,6,19H2,(H,20,21)(H,22,31)(H,23,29)(H,24,30)(H,25,26)(H,27,28)(H,32,33). The Morgan fingerprint density at radius 2 is 1.53 bits per heavy atom. The third-order valence-corrected chi connectivity index (χ3v) is 4.81. The average Bonchev–Trinajstić information content (AvgIpc) is 3.27. The Kier molecular flexibility index (Phi) is 11.5. The molecular formula is C18H26N6O9S. The highest BCUT2D eigenvalue weighted by Gasteiger charge is 2.31. The van der Waals surface area contributed by atoms with E-state index in [9.17, 15) is 28.8 Å². The van der Waals surface area contributed by atoms with Gasteiger partial charge >= 0.3 is 17.9 Å². The van der Waals surface area contributed by atoms with Crippen molar-refractivity contribution in [3.05, 3.63) is 18.2 Å². The van der Waals surface area contributed by atoms with Gasteiger partial charge in [-0.25, -0.2) is 9.78 Å². The third-order valence-electron chi connectivity index (χ3n) is 4.42. The number of carboxylic acid groups (broad SMARTS) is 3. The zero-order valence-corrected chi connectivity index (χ0v) is 18.7. The van der Waals surface area contributed by atoms with Crippen molar-refractivity contribution in [3.8, 4) is 0 Å². The fourth-order valence-corrected chi connectivity index (χ4v) is 2.81. The summed E-state index contributed by atoms with van der Waals surface area (Å²) in [5, 5.41) is 33.6. The zero-order valence-electron chi connectivity index (χ0n) is 17.8. The van der Waals surface area contributed by atoms with Crippen LogP contribution in [0, 0.1) is 0 Å². The average molecular weight is 503 g/mol. The molecule has 1 rings (SSSR count). The minimum atomic E-state index is -1.82. The van der Waals surface area contributed by atoms with Crippen molar-refractivity contribution in [2.45, 2.75) is 49.9 Å². The van der Waals surface area contributed by atoms with E-state index in [2.05, 4.69) is 33.2 Å². The number of amides is 3. The molecule has 16 heteroatoms. The summed E-state index contributed by atoms with van der Waals surface area (Å²) in [5.41, 5.74) is 6.06. The first kappa shape index (κ1) is 28.4. The highest BCUT2D eigenvalue weighted by molar-refractivity contribution is 7.80. The quantitative estimate of drug-likeness (QED) is 0.110. The number of carbonyl (C=O) groups is 6. The molecule has 1 aromatic rings. The Hall–Kier alpha value is -3.66. The predicted molar refractivity (Wildman–Crippen MR) is 117 cm³/mol. The highest BCUT2D eigenvalue weighted by atomic mass is 32.1. The van der Waals surface area contributed by atoms with Crippen LogP contribution in [0.1, 0.15) is 25.0 Å². The van der Waals surface area contributed by atoms with Crippen LogP contribution in [0.15, 0.2) is 12.5 Å². The first-order chi connectivity index (χ1) is 15.9. The summed E-state index contributed by atoms with van der Waals surface area (Å²) < 4.78 is 0. The molecule has 34 heavy (non-hydrogen) atoms. The van der Waals surface area contributed by atoms with Gasteiger partial charge in [0.15, 0.2) is 0 Å². The molecule has 0 fully saturated rings. The van der Waals surface area contributed by atoms with E-state index in [1.807, 2.05) is 5.32 Å². The Labute approximate surface area is 198 Å². The molecule has 0 bridgehead atoms. The Morgan fingerprint density at radius 1 is 0.941 bits per heavy atom. The van der Waals surface area contributed by atoms with Crippen LogP contribution in [-0.4, -0.2) is 90.8 Å². The first-order valence-electron chi connectivity index (χ1n) is 9.85. The number of H-pyrrole nitrogens is 1. The Balaban J connectivity index is 3.07. The molecule has 15 nitrogen and oxygen atoms in total. The van der Waals surface area contributed by atoms with Crippen molar-refractivity contribution >= 4 is 48.3 Å². The number of aromatic nitrogens is 2. The second-order valence-electron chi connectivity index (χ2n) is 7.12. The number of hydrogen-bond acceptors (Lipinski definition) is 9. The summed E-state index contributed by atoms with van der Waals surface area (Å²) in [6, 6.07) is -5.67. The minimum Gasteiger partial charge on any atom is -0.481 e. The molecule has 0 aliphatic heterocycles. The van der Waals surface area contributed by atoms with Crippen LogP contribution in [-0.2, 0) is 35.2 Å². The molecule has 4 unspecified atom stereocenters. The molecule has 188 valence electrons. The molecule has 0 saturated carbocycles. The van der Waals surface area contributed by atoms with Crippen LogP contribution in [0.3, 0.4) is 0 Å². The van der Waals surface area contributed by atoms with E-state index in [1.165, 1.54) is 12.5 Å². The molecule has 1 aromatic heterocycles. The largest absolute Gasteiger partial charge is 0.481 e. The first-order valence-corrected chi connectivity index (χ1v) is 10.5. The second kappa shape index (κ2) is 13.8. The van der Waals surface area contributed by atoms with Gasteiger partial charge in [0.05, 0.1) is 18.8 Å². The molecule has 0 aromatic carbocycles. The smallest absolute Gasteiger partial charge is 0.326 e. The van der Waals surface area contributed by atoms with Crippen molar-refractivity contribution in [2.24, 2.45) is 5.73 Å². The SMILES string of the molecule is NC(CS)C(=O)NC(Cc1cnc[nH]1)C(=O)NC(CCC(=O)O)C(=O)NC(CC(=O)O)C(=O)O. The maximum Gasteiger partial charge on any atom is 0.326 e. The van der Waals surface area contributed by atoms with E-state index >= 15 is 0 Å². The van der Waals surface area contributed by atoms with Crippen molar-refractivity contribution in [1.82, 2.24) is 25.9 Å². The van der Waals surface area contributed by atoms with Gasteiger partial charge in [0, 0.05) is 30.5 Å². The van der Waals surface area contributed by atoms with Crippen LogP contribution < -0.4 is 21.7 Å². The summed E-state index contributed by atoms with van der Waals surface area (Å²) in [4.78, 5) is 77.4. The minimum absolute atomic E-state index is 0.0198. The monoisotopic (exact) mass is 502 g/mol. The maximum atomic E-state index is 12.9. The molecule has 0 aliphatic rings. The lowest BCUT2D eigenvalue weighted by molar-refractivity contribution is -0.147. The topological polar surface area (TPSA) is 254 Å². The van der Waals surface area contributed by atoms with Crippen LogP contribution in [0.4, 0.5) is 0 Å². The van der Waals surface area contributed by atoms with Crippen molar-refractivity contribution in [3.63, 3.8) is 0 Å². The number of rotatable bonds is 15. The predicted octanol–water partition coefficient (Wildman–Crippen LogP) is -2.91. The van der Waals surface area contributed by atoms with Crippen molar-refractivity contribution in [2.75, 3.05) is 5.75 Å². The Morgan fingerprint density at radius 3 is 2.03 bits per heavy atom. The number of nitrogens with zero attached hydrogens (tertiary/aromatic N) is 1. The number of thiol groups is 1. The van der Waals surface area contributed by atoms with E-state index in [-0.39, 0.29) is 12.2 Å². The van der Waals surface area contributed by atoms with E-state index < -0.39 is 79.1 Å². The van der Waals surface area contributed by atoms with Gasteiger partial charge in [-0.1, -0.05) is 0 Å². The van der Waals surface area contributed by atoms with Gasteiger partial charge in [-0.15, -0.1) is 0 Å². The molecule has 1 heterocycles. The molecule has 4 atom stereocenters. The van der Waals surface area contributed by atoms with Gasteiger partial charge < -0.3 is 42.0 Å². The lowest BCUT2D eigenvalue weighted by Gasteiger charge is -2.24. The summed E-state index contributed by atoms with van der Waals surface area (Å²) in [6.07, 6.45) is 0.679. The van der Waals surface area contributed by atoms with E-state index in [0.29, 0.717) is 5.69 Å². The molecule has 0 radical (unpaired) electrons. The number of aromatic amines is 1. The summed E-state index contributed by atoms with van der Waals surface area (Å²) in [5.74, 6) is -7.17. The number of carbonyl (C=O) groups excluding carboxylic acids is 3. The number of imidazole rings is 1. The lowest BCUT2D eigenvalue weighted by atomic mass is 10.1. The fraction of sp³-hybridized carbons (Fsp3) is 0.500. The number of nitrogens with one attached hydrogen (secondary N) is 4. The van der Waals surface area contributed by atoms with Gasteiger partial charge in [-0.2, -0.15) is 12.6 Å². The number of carboxylic acids is 3. The van der Waals surface area contributed by atoms with Gasteiger partial charge in [-0.3, -0.25) is 24.0 Å². The van der Waals surface area contributed by atoms with Crippen LogP contribution in [0.25, 0.3) is 0 Å². The van der Waals surface area contributed by atoms with E-state index in [1.54, 1.807) is 0 Å². The van der Waals surface area contributed by atoms with Gasteiger partial charge in [0.25, 0.3) is 0 Å². The number of aliphatic carboxylic acids is 3. The summed E-state index contributed by atoms with van der Waals surface area (Å²) >= 11 is 3.92. The molecule has 3 amide bonds. The van der Waals surface area contributed by atoms with Crippen LogP contribution in [0.5, 0.6) is 0 Å². The van der Waals surface area contributed by atoms with E-state index in [0.717, 1.165) is 0 Å². The third kappa shape index (κ3) is 9.86. The molecule has 0 saturated heterocycles. The zero-order chi connectivity index (χ0) is 25.8. The second-order valence-corrected chi connectivity index (χ2v) is 7.49. The molecule has 9 N–H and O–H groups in total. The van der Waals surface area contributed by atoms with Crippen molar-refractivity contribution < 1.29 is 44.1 Å². The fourth-order valence-electron chi connectivity index (χ4n) is 2.64.